The van der Waals surface area contributed by atoms with Crippen LogP contribution in [0.15, 0.2) is 48.5 Å². The fourth-order valence-corrected chi connectivity index (χ4v) is 2.16. The Morgan fingerprint density at radius 3 is 2.35 bits per heavy atom. The highest BCUT2D eigenvalue weighted by molar-refractivity contribution is 5.98. The minimum absolute atomic E-state index is 0.0953. The maximum atomic E-state index is 13.1. The lowest BCUT2D eigenvalue weighted by molar-refractivity contribution is -0.142. The van der Waals surface area contributed by atoms with E-state index in [-0.39, 0.29) is 17.9 Å². The van der Waals surface area contributed by atoms with E-state index in [1.807, 2.05) is 0 Å². The largest absolute Gasteiger partial charge is 0.457 e. The summed E-state index contributed by atoms with van der Waals surface area (Å²) in [5.74, 6) is -3.90. The van der Waals surface area contributed by atoms with Crippen molar-refractivity contribution in [3.05, 3.63) is 71.3 Å². The molecule has 0 radical (unpaired) electrons. The highest BCUT2D eigenvalue weighted by Crippen LogP contribution is 2.10. The molecule has 0 bridgehead atoms. The molecule has 0 aliphatic heterocycles. The summed E-state index contributed by atoms with van der Waals surface area (Å²) >= 11 is 0. The number of hydrogen-bond acceptors (Lipinski definition) is 4. The van der Waals surface area contributed by atoms with Gasteiger partial charge < -0.3 is 10.1 Å². The van der Waals surface area contributed by atoms with Crippen molar-refractivity contribution in [2.75, 3.05) is 6.61 Å². The van der Waals surface area contributed by atoms with E-state index < -0.39 is 36.0 Å². The fraction of sp³-hybridized carbons (Fsp3) is 0.211. The zero-order valence-corrected chi connectivity index (χ0v) is 14.0. The van der Waals surface area contributed by atoms with Crippen LogP contribution in [0.25, 0.3) is 0 Å². The molecule has 2 aromatic rings. The monoisotopic (exact) mass is 361 g/mol. The van der Waals surface area contributed by atoms with Crippen LogP contribution in [-0.4, -0.2) is 30.3 Å². The van der Waals surface area contributed by atoms with Crippen molar-refractivity contribution in [3.8, 4) is 0 Å². The van der Waals surface area contributed by atoms with E-state index in [9.17, 15) is 23.2 Å². The van der Waals surface area contributed by atoms with Gasteiger partial charge in [-0.25, -0.2) is 8.78 Å². The predicted molar refractivity (Wildman–Crippen MR) is 89.6 cm³/mol. The molecule has 7 heteroatoms. The second-order valence-electron chi connectivity index (χ2n) is 5.66. The van der Waals surface area contributed by atoms with Crippen molar-refractivity contribution in [1.29, 1.82) is 0 Å². The summed E-state index contributed by atoms with van der Waals surface area (Å²) in [6.45, 7) is 1.03. The van der Waals surface area contributed by atoms with Gasteiger partial charge in [-0.1, -0.05) is 18.2 Å². The van der Waals surface area contributed by atoms with Crippen molar-refractivity contribution in [3.63, 3.8) is 0 Å². The number of carbonyl (C=O) groups is 3. The minimum Gasteiger partial charge on any atom is -0.457 e. The number of Topliss-reactive ketones (excluding diaryl/α,β-unsaturated/α-hetero) is 1. The zero-order chi connectivity index (χ0) is 19.1. The number of esters is 1. The average molecular weight is 361 g/mol. The van der Waals surface area contributed by atoms with Gasteiger partial charge in [-0.3, -0.25) is 14.4 Å². The van der Waals surface area contributed by atoms with Crippen LogP contribution in [0.3, 0.4) is 0 Å². The zero-order valence-electron chi connectivity index (χ0n) is 14.0. The quantitative estimate of drug-likeness (QED) is 0.608. The van der Waals surface area contributed by atoms with Crippen LogP contribution in [0.4, 0.5) is 8.78 Å². The lowest BCUT2D eigenvalue weighted by Gasteiger charge is -2.13. The Bertz CT molecular complexity index is 808. The van der Waals surface area contributed by atoms with Gasteiger partial charge >= 0.3 is 5.97 Å². The number of benzene rings is 2. The van der Waals surface area contributed by atoms with Crippen LogP contribution >= 0.6 is 0 Å². The summed E-state index contributed by atoms with van der Waals surface area (Å²) < 4.78 is 30.8. The number of amides is 1. The molecule has 0 heterocycles. The number of hydrogen-bond donors (Lipinski definition) is 1. The predicted octanol–water partition coefficient (Wildman–Crippen LogP) is 2.90. The van der Waals surface area contributed by atoms with Crippen LogP contribution in [-0.2, 0) is 9.53 Å². The Kier molecular flexibility index (Phi) is 6.54. The van der Waals surface area contributed by atoms with Gasteiger partial charge in [0.05, 0.1) is 6.42 Å². The van der Waals surface area contributed by atoms with Gasteiger partial charge in [-0.05, 0) is 37.3 Å². The van der Waals surface area contributed by atoms with Crippen molar-refractivity contribution in [2.45, 2.75) is 19.4 Å². The molecule has 1 atom stereocenters. The molecular formula is C19H17F2NO4. The van der Waals surface area contributed by atoms with E-state index in [1.54, 1.807) is 37.3 Å². The summed E-state index contributed by atoms with van der Waals surface area (Å²) in [5.41, 5.74) is 0.364. The number of rotatable bonds is 7. The van der Waals surface area contributed by atoms with Crippen molar-refractivity contribution < 1.29 is 27.9 Å². The summed E-state index contributed by atoms with van der Waals surface area (Å²) in [4.78, 5) is 35.6. The SMILES string of the molecule is CC(CC(=O)OCC(=O)c1ccc(F)c(F)c1)NC(=O)c1ccccc1. The summed E-state index contributed by atoms with van der Waals surface area (Å²) in [6, 6.07) is 10.7. The van der Waals surface area contributed by atoms with E-state index in [0.29, 0.717) is 5.56 Å². The first-order valence-electron chi connectivity index (χ1n) is 7.86. The average Bonchev–Trinajstić information content (AvgIpc) is 2.62. The minimum atomic E-state index is -1.15. The number of ether oxygens (including phenoxy) is 1. The standard InChI is InChI=1S/C19H17F2NO4/c1-12(22-19(25)13-5-3-2-4-6-13)9-18(24)26-11-17(23)14-7-8-15(20)16(21)10-14/h2-8,10,12H,9,11H2,1H3,(H,22,25). The van der Waals surface area contributed by atoms with Crippen LogP contribution in [0.2, 0.25) is 0 Å². The fourth-order valence-electron chi connectivity index (χ4n) is 2.16. The molecule has 5 nitrogen and oxygen atoms in total. The second kappa shape index (κ2) is 8.84. The first-order valence-corrected chi connectivity index (χ1v) is 7.86. The first-order chi connectivity index (χ1) is 12.4. The van der Waals surface area contributed by atoms with Gasteiger partial charge in [-0.2, -0.15) is 0 Å². The molecule has 1 amide bonds. The molecule has 2 rings (SSSR count). The Labute approximate surface area is 149 Å². The van der Waals surface area contributed by atoms with Gasteiger partial charge in [0, 0.05) is 17.2 Å². The van der Waals surface area contributed by atoms with Crippen molar-refractivity contribution >= 4 is 17.7 Å². The van der Waals surface area contributed by atoms with Crippen LogP contribution in [0.5, 0.6) is 0 Å². The van der Waals surface area contributed by atoms with Gasteiger partial charge in [0.15, 0.2) is 24.0 Å². The third-order valence-corrected chi connectivity index (χ3v) is 3.49. The van der Waals surface area contributed by atoms with E-state index in [2.05, 4.69) is 5.32 Å². The van der Waals surface area contributed by atoms with Crippen molar-refractivity contribution in [1.82, 2.24) is 5.32 Å². The second-order valence-corrected chi connectivity index (χ2v) is 5.66. The van der Waals surface area contributed by atoms with Gasteiger partial charge in [0.1, 0.15) is 0 Å². The summed E-state index contributed by atoms with van der Waals surface area (Å²) in [7, 11) is 0. The Morgan fingerprint density at radius 2 is 1.69 bits per heavy atom. The smallest absolute Gasteiger partial charge is 0.308 e. The highest BCUT2D eigenvalue weighted by atomic mass is 19.2. The van der Waals surface area contributed by atoms with Crippen LogP contribution < -0.4 is 5.32 Å². The Hall–Kier alpha value is -3.09. The molecule has 136 valence electrons. The maximum absolute atomic E-state index is 13.1. The number of ketones is 1. The molecule has 0 saturated heterocycles. The molecular weight excluding hydrogens is 344 g/mol. The Balaban J connectivity index is 1.79. The van der Waals surface area contributed by atoms with Gasteiger partial charge in [-0.15, -0.1) is 0 Å². The Morgan fingerprint density at radius 1 is 1.00 bits per heavy atom. The summed E-state index contributed by atoms with van der Waals surface area (Å²) in [6.07, 6.45) is -0.135. The third kappa shape index (κ3) is 5.47. The maximum Gasteiger partial charge on any atom is 0.308 e. The lowest BCUT2D eigenvalue weighted by atomic mass is 10.1. The number of halogens is 2. The topological polar surface area (TPSA) is 72.5 Å². The molecule has 0 spiro atoms. The highest BCUT2D eigenvalue weighted by Gasteiger charge is 2.16. The molecule has 0 aromatic heterocycles. The van der Waals surface area contributed by atoms with E-state index in [0.717, 1.165) is 18.2 Å². The van der Waals surface area contributed by atoms with Gasteiger partial charge in [0.25, 0.3) is 5.91 Å². The van der Waals surface area contributed by atoms with Gasteiger partial charge in [0.2, 0.25) is 0 Å². The molecule has 2 aromatic carbocycles. The summed E-state index contributed by atoms with van der Waals surface area (Å²) in [5, 5.41) is 2.64. The molecule has 0 saturated carbocycles. The van der Waals surface area contributed by atoms with Crippen LogP contribution in [0.1, 0.15) is 34.1 Å². The normalized spacial score (nSPS) is 11.5. The molecule has 1 N–H and O–H groups in total. The third-order valence-electron chi connectivity index (χ3n) is 3.49. The lowest BCUT2D eigenvalue weighted by Crippen LogP contribution is -2.34. The molecule has 1 unspecified atom stereocenters. The van der Waals surface area contributed by atoms with E-state index >= 15 is 0 Å². The van der Waals surface area contributed by atoms with Crippen molar-refractivity contribution in [2.24, 2.45) is 0 Å². The van der Waals surface area contributed by atoms with Crippen LogP contribution in [0, 0.1) is 11.6 Å². The molecule has 0 aliphatic rings. The molecule has 0 aliphatic carbocycles. The molecule has 0 fully saturated rings. The number of nitrogens with one attached hydrogen (secondary N) is 1. The molecule has 26 heavy (non-hydrogen) atoms. The first kappa shape index (κ1) is 19.2. The number of carbonyl (C=O) groups excluding carboxylic acids is 3. The van der Waals surface area contributed by atoms with E-state index in [1.165, 1.54) is 0 Å². The van der Waals surface area contributed by atoms with E-state index in [4.69, 9.17) is 4.74 Å².